The van der Waals surface area contributed by atoms with E-state index in [-0.39, 0.29) is 12.4 Å². The maximum Gasteiger partial charge on any atom is 0.337 e. The van der Waals surface area contributed by atoms with Gasteiger partial charge in [-0.05, 0) is 48.4 Å². The van der Waals surface area contributed by atoms with Crippen molar-refractivity contribution in [2.75, 3.05) is 14.2 Å². The summed E-state index contributed by atoms with van der Waals surface area (Å²) in [6.07, 6.45) is 1.72. The van der Waals surface area contributed by atoms with Crippen LogP contribution < -0.4 is 0 Å². The maximum absolute atomic E-state index is 13.3. The minimum absolute atomic E-state index is 0.195. The number of ether oxygens (including phenoxy) is 2. The van der Waals surface area contributed by atoms with E-state index in [2.05, 4.69) is 4.74 Å². The molecule has 0 saturated carbocycles. The first kappa shape index (κ1) is 21.8. The summed E-state index contributed by atoms with van der Waals surface area (Å²) in [7, 11) is 2.85. The molecule has 2 rings (SSSR count). The number of nitrogens with zero attached hydrogens (tertiary/aromatic N) is 1. The van der Waals surface area contributed by atoms with Crippen LogP contribution in [0.3, 0.4) is 0 Å². The summed E-state index contributed by atoms with van der Waals surface area (Å²) >= 11 is 0. The van der Waals surface area contributed by atoms with Crippen LogP contribution in [0.15, 0.2) is 54.6 Å². The summed E-state index contributed by atoms with van der Waals surface area (Å²) in [6, 6.07) is 12.4. The smallest absolute Gasteiger partial charge is 0.337 e. The molecule has 7 heteroatoms. The predicted molar refractivity (Wildman–Crippen MR) is 105 cm³/mol. The van der Waals surface area contributed by atoms with Gasteiger partial charge in [-0.1, -0.05) is 24.3 Å². The third kappa shape index (κ3) is 6.57. The second-order valence-electron chi connectivity index (χ2n) is 6.35. The van der Waals surface area contributed by atoms with E-state index in [1.54, 1.807) is 43.4 Å². The summed E-state index contributed by atoms with van der Waals surface area (Å²) in [5.74, 6) is -1.91. The quantitative estimate of drug-likeness (QED) is 0.528. The van der Waals surface area contributed by atoms with Gasteiger partial charge in [0.1, 0.15) is 5.82 Å². The molecule has 1 atom stereocenters. The van der Waals surface area contributed by atoms with Crippen LogP contribution in [0.5, 0.6) is 0 Å². The second-order valence-corrected chi connectivity index (χ2v) is 6.35. The number of hydrogen-bond acceptors (Lipinski definition) is 5. The number of carbonyl (C=O) groups excluding carboxylic acids is 3. The molecule has 0 heterocycles. The molecule has 0 aliphatic rings. The lowest BCUT2D eigenvalue weighted by Crippen LogP contribution is -2.36. The SMILES string of the molecule is COC(=O)c1ccc(/C=C/C(=O)OC(C)C(=O)N(C)Cc2cccc(F)c2)cc1. The van der Waals surface area contributed by atoms with E-state index in [4.69, 9.17) is 4.74 Å². The van der Waals surface area contributed by atoms with Crippen molar-refractivity contribution in [2.45, 2.75) is 19.6 Å². The highest BCUT2D eigenvalue weighted by molar-refractivity contribution is 5.91. The lowest BCUT2D eigenvalue weighted by Gasteiger charge is -2.21. The van der Waals surface area contributed by atoms with Crippen molar-refractivity contribution in [3.63, 3.8) is 0 Å². The average Bonchev–Trinajstić information content (AvgIpc) is 2.71. The van der Waals surface area contributed by atoms with E-state index >= 15 is 0 Å². The van der Waals surface area contributed by atoms with Gasteiger partial charge in [-0.15, -0.1) is 0 Å². The molecule has 0 spiro atoms. The largest absolute Gasteiger partial charge is 0.465 e. The molecule has 1 amide bonds. The number of hydrogen-bond donors (Lipinski definition) is 0. The summed E-state index contributed by atoms with van der Waals surface area (Å²) in [5.41, 5.74) is 1.71. The van der Waals surface area contributed by atoms with Crippen molar-refractivity contribution < 1.29 is 28.2 Å². The van der Waals surface area contributed by atoms with Gasteiger partial charge in [0.05, 0.1) is 12.7 Å². The van der Waals surface area contributed by atoms with E-state index in [0.29, 0.717) is 16.7 Å². The van der Waals surface area contributed by atoms with Crippen LogP contribution in [-0.2, 0) is 25.6 Å². The molecular weight excluding hydrogens is 377 g/mol. The van der Waals surface area contributed by atoms with Gasteiger partial charge in [-0.2, -0.15) is 0 Å². The van der Waals surface area contributed by atoms with Crippen molar-refractivity contribution in [2.24, 2.45) is 0 Å². The predicted octanol–water partition coefficient (Wildman–Crippen LogP) is 3.22. The number of likely N-dealkylation sites (N-methyl/N-ethyl adjacent to an activating group) is 1. The molecule has 0 aliphatic carbocycles. The normalized spacial score (nSPS) is 11.7. The Balaban J connectivity index is 1.89. The number of halogens is 1. The van der Waals surface area contributed by atoms with Crippen LogP contribution in [-0.4, -0.2) is 43.0 Å². The third-order valence-corrected chi connectivity index (χ3v) is 4.07. The van der Waals surface area contributed by atoms with Crippen molar-refractivity contribution >= 4 is 23.9 Å². The van der Waals surface area contributed by atoms with Crippen molar-refractivity contribution in [1.82, 2.24) is 4.90 Å². The highest BCUT2D eigenvalue weighted by atomic mass is 19.1. The highest BCUT2D eigenvalue weighted by Gasteiger charge is 2.20. The Bertz CT molecular complexity index is 908. The van der Waals surface area contributed by atoms with E-state index in [1.807, 2.05) is 0 Å². The molecular formula is C22H22FNO5. The van der Waals surface area contributed by atoms with Crippen molar-refractivity contribution in [3.05, 3.63) is 77.1 Å². The van der Waals surface area contributed by atoms with Gasteiger partial charge in [0.15, 0.2) is 6.10 Å². The summed E-state index contributed by atoms with van der Waals surface area (Å²) in [5, 5.41) is 0. The Morgan fingerprint density at radius 3 is 2.45 bits per heavy atom. The lowest BCUT2D eigenvalue weighted by molar-refractivity contribution is -0.154. The Morgan fingerprint density at radius 1 is 1.14 bits per heavy atom. The molecule has 0 radical (unpaired) electrons. The number of methoxy groups -OCH3 is 1. The molecule has 1 unspecified atom stereocenters. The van der Waals surface area contributed by atoms with E-state index in [1.165, 1.54) is 43.2 Å². The van der Waals surface area contributed by atoms with Gasteiger partial charge >= 0.3 is 11.9 Å². The monoisotopic (exact) mass is 399 g/mol. The number of esters is 2. The zero-order valence-electron chi connectivity index (χ0n) is 16.4. The van der Waals surface area contributed by atoms with E-state index in [9.17, 15) is 18.8 Å². The summed E-state index contributed by atoms with van der Waals surface area (Å²) < 4.78 is 23.0. The Hall–Kier alpha value is -3.48. The lowest BCUT2D eigenvalue weighted by atomic mass is 10.1. The first-order valence-corrected chi connectivity index (χ1v) is 8.86. The van der Waals surface area contributed by atoms with E-state index in [0.717, 1.165) is 0 Å². The minimum atomic E-state index is -0.993. The molecule has 2 aromatic rings. The summed E-state index contributed by atoms with van der Waals surface area (Å²) in [4.78, 5) is 37.1. The Morgan fingerprint density at radius 2 is 1.83 bits per heavy atom. The fourth-order valence-electron chi connectivity index (χ4n) is 2.57. The van der Waals surface area contributed by atoms with E-state index < -0.39 is 23.9 Å². The molecule has 2 aromatic carbocycles. The maximum atomic E-state index is 13.3. The molecule has 0 fully saturated rings. The van der Waals surface area contributed by atoms with Crippen LogP contribution in [0.25, 0.3) is 6.08 Å². The van der Waals surface area contributed by atoms with Gasteiger partial charge in [0.25, 0.3) is 5.91 Å². The third-order valence-electron chi connectivity index (χ3n) is 4.07. The van der Waals surface area contributed by atoms with Crippen LogP contribution in [0.4, 0.5) is 4.39 Å². The van der Waals surface area contributed by atoms with Crippen LogP contribution >= 0.6 is 0 Å². The van der Waals surface area contributed by atoms with Crippen LogP contribution in [0.1, 0.15) is 28.4 Å². The molecule has 0 aliphatic heterocycles. The van der Waals surface area contributed by atoms with Gasteiger partial charge < -0.3 is 14.4 Å². The number of carbonyl (C=O) groups is 3. The molecule has 6 nitrogen and oxygen atoms in total. The molecule has 29 heavy (non-hydrogen) atoms. The molecule has 0 bridgehead atoms. The molecule has 152 valence electrons. The zero-order valence-corrected chi connectivity index (χ0v) is 16.4. The van der Waals surface area contributed by atoms with Crippen LogP contribution in [0.2, 0.25) is 0 Å². The second kappa shape index (κ2) is 10.2. The Labute approximate surface area is 168 Å². The molecule has 0 saturated heterocycles. The highest BCUT2D eigenvalue weighted by Crippen LogP contribution is 2.10. The first-order valence-electron chi connectivity index (χ1n) is 8.86. The fourth-order valence-corrected chi connectivity index (χ4v) is 2.57. The van der Waals surface area contributed by atoms with Gasteiger partial charge in [0.2, 0.25) is 0 Å². The van der Waals surface area contributed by atoms with Gasteiger partial charge in [0, 0.05) is 19.7 Å². The van der Waals surface area contributed by atoms with Gasteiger partial charge in [-0.3, -0.25) is 4.79 Å². The van der Waals surface area contributed by atoms with Gasteiger partial charge in [-0.25, -0.2) is 14.0 Å². The van der Waals surface area contributed by atoms with Crippen LogP contribution in [0, 0.1) is 5.82 Å². The number of amides is 1. The topological polar surface area (TPSA) is 72.9 Å². The zero-order chi connectivity index (χ0) is 21.4. The Kier molecular flexibility index (Phi) is 7.65. The molecule has 0 N–H and O–H groups in total. The first-order chi connectivity index (χ1) is 13.8. The fraction of sp³-hybridized carbons (Fsp3) is 0.227. The standard InChI is InChI=1S/C22H22FNO5/c1-15(21(26)24(2)14-17-5-4-6-19(23)13-17)29-20(25)12-9-16-7-10-18(11-8-16)22(27)28-3/h4-13,15H,14H2,1-3H3/b12-9+. The minimum Gasteiger partial charge on any atom is -0.465 e. The number of rotatable bonds is 7. The number of benzene rings is 2. The summed E-state index contributed by atoms with van der Waals surface area (Å²) in [6.45, 7) is 1.67. The molecule has 0 aromatic heterocycles. The average molecular weight is 399 g/mol. The van der Waals surface area contributed by atoms with Crippen molar-refractivity contribution in [3.8, 4) is 0 Å². The van der Waals surface area contributed by atoms with Crippen molar-refractivity contribution in [1.29, 1.82) is 0 Å².